The highest BCUT2D eigenvalue weighted by molar-refractivity contribution is 7.89. The van der Waals surface area contributed by atoms with E-state index < -0.39 is 10.0 Å². The maximum absolute atomic E-state index is 12.2. The van der Waals surface area contributed by atoms with Crippen LogP contribution in [0.1, 0.15) is 5.56 Å². The molecule has 1 N–H and O–H groups in total. The van der Waals surface area contributed by atoms with Crippen molar-refractivity contribution in [2.24, 2.45) is 0 Å². The Kier molecular flexibility index (Phi) is 5.69. The van der Waals surface area contributed by atoms with Crippen molar-refractivity contribution in [3.8, 4) is 5.75 Å². The Morgan fingerprint density at radius 3 is 2.18 bits per heavy atom. The molecule has 22 heavy (non-hydrogen) atoms. The molecule has 2 rings (SSSR count). The summed E-state index contributed by atoms with van der Waals surface area (Å²) < 4.78 is 32.0. The molecule has 0 saturated heterocycles. The first kappa shape index (κ1) is 17.1. The van der Waals surface area contributed by atoms with Gasteiger partial charge in [0.15, 0.2) is 0 Å². The number of methoxy groups -OCH3 is 1. The molecular formula is C15H15Cl2NO3S. The van der Waals surface area contributed by atoms with Crippen molar-refractivity contribution in [2.75, 3.05) is 13.7 Å². The molecule has 7 heteroatoms. The number of ether oxygens (including phenoxy) is 1. The normalized spacial score (nSPS) is 11.4. The average molecular weight is 360 g/mol. The van der Waals surface area contributed by atoms with Gasteiger partial charge in [0.25, 0.3) is 0 Å². The lowest BCUT2D eigenvalue weighted by Crippen LogP contribution is -2.26. The van der Waals surface area contributed by atoms with E-state index in [4.69, 9.17) is 27.9 Å². The number of rotatable bonds is 6. The third-order valence-corrected chi connectivity index (χ3v) is 4.89. The quantitative estimate of drug-likeness (QED) is 0.858. The highest BCUT2D eigenvalue weighted by atomic mass is 35.5. The van der Waals surface area contributed by atoms with E-state index in [0.717, 1.165) is 11.3 Å². The lowest BCUT2D eigenvalue weighted by atomic mass is 10.1. The Morgan fingerprint density at radius 1 is 1.05 bits per heavy atom. The molecule has 0 unspecified atom stereocenters. The molecule has 2 aromatic rings. The van der Waals surface area contributed by atoms with Crippen molar-refractivity contribution in [1.29, 1.82) is 0 Å². The summed E-state index contributed by atoms with van der Waals surface area (Å²) in [4.78, 5) is 0.0553. The van der Waals surface area contributed by atoms with Crippen LogP contribution in [0, 0.1) is 0 Å². The fourth-order valence-electron chi connectivity index (χ4n) is 1.89. The van der Waals surface area contributed by atoms with Crippen LogP contribution >= 0.6 is 23.2 Å². The van der Waals surface area contributed by atoms with Crippen LogP contribution in [-0.4, -0.2) is 22.1 Å². The van der Waals surface area contributed by atoms with Gasteiger partial charge in [0.1, 0.15) is 5.75 Å². The van der Waals surface area contributed by atoms with Gasteiger partial charge in [-0.15, -0.1) is 0 Å². The Labute approximate surface area is 140 Å². The number of nitrogens with one attached hydrogen (secondary N) is 1. The third kappa shape index (κ3) is 4.61. The highest BCUT2D eigenvalue weighted by Gasteiger charge is 2.14. The van der Waals surface area contributed by atoms with Crippen LogP contribution in [0.15, 0.2) is 47.4 Å². The second kappa shape index (κ2) is 7.33. The zero-order valence-electron chi connectivity index (χ0n) is 11.8. The van der Waals surface area contributed by atoms with Gasteiger partial charge in [-0.1, -0.05) is 35.3 Å². The van der Waals surface area contributed by atoms with Crippen LogP contribution in [0.5, 0.6) is 5.75 Å². The van der Waals surface area contributed by atoms with Crippen LogP contribution in [0.25, 0.3) is 0 Å². The molecule has 0 fully saturated rings. The summed E-state index contributed by atoms with van der Waals surface area (Å²) in [7, 11) is -2.04. The van der Waals surface area contributed by atoms with Crippen LogP contribution in [0.3, 0.4) is 0 Å². The zero-order chi connectivity index (χ0) is 16.2. The molecular weight excluding hydrogens is 345 g/mol. The van der Waals surface area contributed by atoms with Crippen molar-refractivity contribution in [3.63, 3.8) is 0 Å². The summed E-state index contributed by atoms with van der Waals surface area (Å²) >= 11 is 11.7. The predicted molar refractivity (Wildman–Crippen MR) is 88.3 cm³/mol. The van der Waals surface area contributed by atoms with E-state index in [-0.39, 0.29) is 21.5 Å². The lowest BCUT2D eigenvalue weighted by Gasteiger charge is -2.08. The summed E-state index contributed by atoms with van der Waals surface area (Å²) in [6.45, 7) is 0.277. The Hall–Kier alpha value is -1.27. The Balaban J connectivity index is 2.00. The van der Waals surface area contributed by atoms with Crippen molar-refractivity contribution >= 4 is 33.2 Å². The first-order chi connectivity index (χ1) is 10.4. The minimum absolute atomic E-state index is 0.0553. The van der Waals surface area contributed by atoms with Gasteiger partial charge in [-0.3, -0.25) is 0 Å². The number of benzene rings is 2. The summed E-state index contributed by atoms with van der Waals surface area (Å²) in [6.07, 6.45) is 0.567. The van der Waals surface area contributed by atoms with Crippen molar-refractivity contribution in [2.45, 2.75) is 11.3 Å². The second-order valence-corrected chi connectivity index (χ2v) is 7.24. The Morgan fingerprint density at radius 2 is 1.64 bits per heavy atom. The average Bonchev–Trinajstić information content (AvgIpc) is 2.47. The predicted octanol–water partition coefficient (Wildman–Crippen LogP) is 3.52. The maximum Gasteiger partial charge on any atom is 0.240 e. The molecule has 2 aromatic carbocycles. The van der Waals surface area contributed by atoms with Crippen LogP contribution in [0.2, 0.25) is 10.0 Å². The second-order valence-electron chi connectivity index (χ2n) is 4.60. The van der Waals surface area contributed by atoms with Crippen molar-refractivity contribution in [3.05, 3.63) is 58.1 Å². The number of hydrogen-bond acceptors (Lipinski definition) is 3. The molecule has 0 bridgehead atoms. The van der Waals surface area contributed by atoms with Gasteiger partial charge in [0.2, 0.25) is 10.0 Å². The topological polar surface area (TPSA) is 55.4 Å². The van der Waals surface area contributed by atoms with E-state index in [1.54, 1.807) is 7.11 Å². The van der Waals surface area contributed by atoms with Gasteiger partial charge in [-0.05, 0) is 42.3 Å². The molecule has 0 spiro atoms. The number of hydrogen-bond donors (Lipinski definition) is 1. The van der Waals surface area contributed by atoms with Gasteiger partial charge in [-0.25, -0.2) is 13.1 Å². The minimum atomic E-state index is -3.63. The lowest BCUT2D eigenvalue weighted by molar-refractivity contribution is 0.414. The molecule has 4 nitrogen and oxygen atoms in total. The van der Waals surface area contributed by atoms with Gasteiger partial charge < -0.3 is 4.74 Å². The van der Waals surface area contributed by atoms with Crippen LogP contribution in [0.4, 0.5) is 0 Å². The molecule has 0 atom stereocenters. The molecule has 0 radical (unpaired) electrons. The first-order valence-corrected chi connectivity index (χ1v) is 8.73. The van der Waals surface area contributed by atoms with E-state index in [9.17, 15) is 8.42 Å². The van der Waals surface area contributed by atoms with E-state index in [2.05, 4.69) is 4.72 Å². The van der Waals surface area contributed by atoms with Gasteiger partial charge in [0.05, 0.1) is 12.0 Å². The SMILES string of the molecule is COc1ccc(CCNS(=O)(=O)c2cc(Cl)cc(Cl)c2)cc1. The molecule has 0 amide bonds. The fourth-order valence-corrected chi connectivity index (χ4v) is 3.65. The van der Waals surface area contributed by atoms with Crippen molar-refractivity contribution < 1.29 is 13.2 Å². The molecule has 0 aromatic heterocycles. The van der Waals surface area contributed by atoms with E-state index in [1.165, 1.54) is 18.2 Å². The third-order valence-electron chi connectivity index (χ3n) is 3.01. The van der Waals surface area contributed by atoms with Gasteiger partial charge >= 0.3 is 0 Å². The summed E-state index contributed by atoms with van der Waals surface area (Å²) in [5, 5.41) is 0.561. The van der Waals surface area contributed by atoms with Gasteiger partial charge in [-0.2, -0.15) is 0 Å². The molecule has 118 valence electrons. The molecule has 0 aliphatic rings. The zero-order valence-corrected chi connectivity index (χ0v) is 14.2. The van der Waals surface area contributed by atoms with E-state index >= 15 is 0 Å². The number of sulfonamides is 1. The smallest absolute Gasteiger partial charge is 0.240 e. The van der Waals surface area contributed by atoms with Gasteiger partial charge in [0, 0.05) is 16.6 Å². The summed E-state index contributed by atoms with van der Waals surface area (Å²) in [5.41, 5.74) is 1.01. The molecule has 0 aliphatic heterocycles. The minimum Gasteiger partial charge on any atom is -0.497 e. The van der Waals surface area contributed by atoms with Crippen LogP contribution in [-0.2, 0) is 16.4 Å². The van der Waals surface area contributed by atoms with Crippen molar-refractivity contribution in [1.82, 2.24) is 4.72 Å². The first-order valence-electron chi connectivity index (χ1n) is 6.49. The summed E-state index contributed by atoms with van der Waals surface area (Å²) in [6, 6.07) is 11.7. The monoisotopic (exact) mass is 359 g/mol. The Bertz CT molecular complexity index is 726. The largest absolute Gasteiger partial charge is 0.497 e. The highest BCUT2D eigenvalue weighted by Crippen LogP contribution is 2.22. The van der Waals surface area contributed by atoms with E-state index in [1.807, 2.05) is 24.3 Å². The van der Waals surface area contributed by atoms with Crippen LogP contribution < -0.4 is 9.46 Å². The van der Waals surface area contributed by atoms with E-state index in [0.29, 0.717) is 6.42 Å². The summed E-state index contributed by atoms with van der Waals surface area (Å²) in [5.74, 6) is 0.762. The number of halogens is 2. The maximum atomic E-state index is 12.2. The molecule has 0 aliphatic carbocycles. The standard InChI is InChI=1S/C15H15Cl2NO3S/c1-21-14-4-2-11(3-5-14)6-7-18-22(19,20)15-9-12(16)8-13(17)10-15/h2-5,8-10,18H,6-7H2,1H3. The molecule has 0 heterocycles. The fraction of sp³-hybridized carbons (Fsp3) is 0.200. The molecule has 0 saturated carbocycles.